The zero-order valence-electron chi connectivity index (χ0n) is 38.5. The van der Waals surface area contributed by atoms with Crippen LogP contribution >= 0.6 is 23.8 Å². The lowest BCUT2D eigenvalue weighted by Gasteiger charge is -2.35. The standard InChI is InChI=1S/C48H57ClN8O9S/c1-30-41(66-29-53-30)32-12-10-31(11-13-32)25-52-43(60)39-23-35(58)27-55(39)44(61)42(47(2,3)4)54-40(59)28-64-20-9-19-63-18-7-8-21-65-36-16-14-33(15-17-36)57-46(67)56(45(62)48(57,5)6)34-22-37(49)38(24-50)51-26-34/h10-17,22,26,29,35,39,42,58H,7-9,18-21,23,25,27-28H2,1-6H3,(H,52,60)(H,54,59)/t35-,39+,42?/m1/s1. The van der Waals surface area contributed by atoms with Gasteiger partial charge in [0, 0.05) is 50.6 Å². The first-order chi connectivity index (χ1) is 31.9. The van der Waals surface area contributed by atoms with E-state index in [1.54, 1.807) is 18.7 Å². The number of thiocarbonyl (C=S) groups is 1. The highest BCUT2D eigenvalue weighted by molar-refractivity contribution is 7.81. The van der Waals surface area contributed by atoms with Crippen molar-refractivity contribution in [2.24, 2.45) is 5.41 Å². The van der Waals surface area contributed by atoms with Crippen molar-refractivity contribution in [2.75, 3.05) is 49.4 Å². The van der Waals surface area contributed by atoms with Crippen molar-refractivity contribution in [3.05, 3.63) is 89.2 Å². The van der Waals surface area contributed by atoms with Crippen LogP contribution < -0.4 is 25.2 Å². The minimum atomic E-state index is -0.998. The third-order valence-corrected chi connectivity index (χ3v) is 12.1. The molecule has 2 aliphatic rings. The van der Waals surface area contributed by atoms with Crippen LogP contribution in [0.15, 0.2) is 71.6 Å². The molecule has 1 unspecified atom stereocenters. The number of ether oxygens (including phenoxy) is 3. The average Bonchev–Trinajstić information content (AvgIpc) is 3.96. The first-order valence-electron chi connectivity index (χ1n) is 22.1. The van der Waals surface area contributed by atoms with Gasteiger partial charge in [-0.2, -0.15) is 5.26 Å². The fourth-order valence-electron chi connectivity index (χ4n) is 7.79. The predicted octanol–water partition coefficient (Wildman–Crippen LogP) is 5.88. The van der Waals surface area contributed by atoms with E-state index in [9.17, 15) is 29.5 Å². The zero-order chi connectivity index (χ0) is 48.5. The molecule has 2 saturated heterocycles. The predicted molar refractivity (Wildman–Crippen MR) is 254 cm³/mol. The number of halogens is 1. The number of benzene rings is 2. The number of pyridine rings is 1. The Labute approximate surface area is 400 Å². The minimum absolute atomic E-state index is 0.0282. The van der Waals surface area contributed by atoms with E-state index in [1.165, 1.54) is 28.5 Å². The second-order valence-corrected chi connectivity index (χ2v) is 18.7. The highest BCUT2D eigenvalue weighted by Gasteiger charge is 2.50. The number of hydrogen-bond donors (Lipinski definition) is 3. The molecular formula is C48H57ClN8O9S. The Balaban J connectivity index is 0.856. The molecule has 3 N–H and O–H groups in total. The van der Waals surface area contributed by atoms with Crippen LogP contribution in [0.2, 0.25) is 5.02 Å². The van der Waals surface area contributed by atoms with Gasteiger partial charge < -0.3 is 44.2 Å². The number of hydrogen-bond acceptors (Lipinski definition) is 13. The van der Waals surface area contributed by atoms with Gasteiger partial charge in [0.15, 0.2) is 23.0 Å². The van der Waals surface area contributed by atoms with E-state index in [1.807, 2.05) is 82.3 Å². The number of nitrogens with zero attached hydrogens (tertiary/aromatic N) is 6. The lowest BCUT2D eigenvalue weighted by molar-refractivity contribution is -0.144. The largest absolute Gasteiger partial charge is 0.494 e. The van der Waals surface area contributed by atoms with Gasteiger partial charge in [0.25, 0.3) is 5.91 Å². The van der Waals surface area contributed by atoms with Gasteiger partial charge in [0.1, 0.15) is 36.0 Å². The SMILES string of the molecule is Cc1ncoc1-c1ccc(CNC(=O)[C@@H]2C[C@@H](O)CN2C(=O)C(NC(=O)COCCCOCCCCOc2ccc(N3C(=S)N(c4cnc(C#N)c(Cl)c4)C(=O)C3(C)C)cc2)C(C)(C)C)cc1. The molecular weight excluding hydrogens is 900 g/mol. The summed E-state index contributed by atoms with van der Waals surface area (Å²) in [7, 11) is 0. The van der Waals surface area contributed by atoms with E-state index in [0.717, 1.165) is 29.7 Å². The van der Waals surface area contributed by atoms with E-state index in [4.69, 9.17) is 42.4 Å². The minimum Gasteiger partial charge on any atom is -0.494 e. The molecule has 19 heteroatoms. The number of β-amino-alcohol motifs (C(OH)–C–C–N with tert-alkyl or cyclic N) is 1. The number of oxazole rings is 1. The van der Waals surface area contributed by atoms with E-state index in [0.29, 0.717) is 49.1 Å². The first-order valence-corrected chi connectivity index (χ1v) is 22.9. The van der Waals surface area contributed by atoms with Crippen LogP contribution in [-0.2, 0) is 35.2 Å². The molecule has 67 heavy (non-hydrogen) atoms. The van der Waals surface area contributed by atoms with Crippen molar-refractivity contribution in [1.29, 1.82) is 5.26 Å². The number of carbonyl (C=O) groups excluding carboxylic acids is 4. The van der Waals surface area contributed by atoms with Gasteiger partial charge in [0.05, 0.1) is 35.3 Å². The molecule has 0 radical (unpaired) electrons. The molecule has 17 nitrogen and oxygen atoms in total. The molecule has 0 spiro atoms. The topological polar surface area (TPSA) is 213 Å². The summed E-state index contributed by atoms with van der Waals surface area (Å²) in [6.07, 6.45) is 4.07. The zero-order valence-corrected chi connectivity index (χ0v) is 40.1. The van der Waals surface area contributed by atoms with Gasteiger partial charge in [-0.05, 0) is 93.6 Å². The second-order valence-electron chi connectivity index (χ2n) is 18.0. The van der Waals surface area contributed by atoms with Gasteiger partial charge in [-0.3, -0.25) is 24.1 Å². The van der Waals surface area contributed by atoms with Crippen LogP contribution in [0.5, 0.6) is 5.75 Å². The highest BCUT2D eigenvalue weighted by atomic mass is 35.5. The summed E-state index contributed by atoms with van der Waals surface area (Å²) >= 11 is 11.9. The van der Waals surface area contributed by atoms with Crippen molar-refractivity contribution >= 4 is 63.9 Å². The Hall–Kier alpha value is -5.97. The molecule has 4 heterocycles. The molecule has 3 atom stereocenters. The Morgan fingerprint density at radius 3 is 2.36 bits per heavy atom. The van der Waals surface area contributed by atoms with Crippen LogP contribution in [0, 0.1) is 23.7 Å². The van der Waals surface area contributed by atoms with E-state index < -0.39 is 46.9 Å². The maximum atomic E-state index is 13.9. The van der Waals surface area contributed by atoms with E-state index in [2.05, 4.69) is 20.6 Å². The monoisotopic (exact) mass is 956 g/mol. The molecule has 2 fully saturated rings. The fourth-order valence-corrected chi connectivity index (χ4v) is 8.51. The normalized spacial score (nSPS) is 17.4. The van der Waals surface area contributed by atoms with Crippen LogP contribution in [0.3, 0.4) is 0 Å². The maximum Gasteiger partial charge on any atom is 0.259 e. The number of unbranched alkanes of at least 4 members (excludes halogenated alkanes) is 1. The fraction of sp³-hybridized carbons (Fsp3) is 0.458. The number of nitrogens with one attached hydrogen (secondary N) is 2. The number of amides is 4. The number of carbonyl (C=O) groups is 4. The van der Waals surface area contributed by atoms with Gasteiger partial charge in [0.2, 0.25) is 17.7 Å². The summed E-state index contributed by atoms with van der Waals surface area (Å²) < 4.78 is 22.7. The molecule has 2 aromatic carbocycles. The molecule has 2 aliphatic heterocycles. The number of rotatable bonds is 20. The quantitative estimate of drug-likeness (QED) is 0.0698. The van der Waals surface area contributed by atoms with E-state index >= 15 is 0 Å². The third kappa shape index (κ3) is 12.3. The number of anilines is 2. The highest BCUT2D eigenvalue weighted by Crippen LogP contribution is 2.38. The van der Waals surface area contributed by atoms with Gasteiger partial charge in [-0.25, -0.2) is 9.97 Å². The van der Waals surface area contributed by atoms with Crippen molar-refractivity contribution in [3.8, 4) is 23.1 Å². The molecule has 0 aliphatic carbocycles. The lowest BCUT2D eigenvalue weighted by atomic mass is 9.85. The average molecular weight is 958 g/mol. The van der Waals surface area contributed by atoms with Crippen LogP contribution in [-0.4, -0.2) is 112 Å². The summed E-state index contributed by atoms with van der Waals surface area (Å²) in [5.74, 6) is -0.237. The number of aliphatic hydroxyl groups excluding tert-OH is 1. The molecule has 0 bridgehead atoms. The van der Waals surface area contributed by atoms with Crippen molar-refractivity contribution in [1.82, 2.24) is 25.5 Å². The Morgan fingerprint density at radius 2 is 1.70 bits per heavy atom. The number of aliphatic hydroxyl groups is 1. The number of aryl methyl sites for hydroxylation is 1. The molecule has 2 aromatic heterocycles. The van der Waals surface area contributed by atoms with Gasteiger partial charge >= 0.3 is 0 Å². The molecule has 356 valence electrons. The molecule has 6 rings (SSSR count). The number of likely N-dealkylation sites (tertiary alicyclic amines) is 1. The van der Waals surface area contributed by atoms with Gasteiger partial charge in [-0.15, -0.1) is 0 Å². The first kappa shape index (κ1) is 50.4. The molecule has 0 saturated carbocycles. The Morgan fingerprint density at radius 1 is 1.01 bits per heavy atom. The summed E-state index contributed by atoms with van der Waals surface area (Å²) in [4.78, 5) is 66.5. The van der Waals surface area contributed by atoms with Crippen molar-refractivity contribution in [2.45, 2.75) is 97.5 Å². The number of nitriles is 1. The summed E-state index contributed by atoms with van der Waals surface area (Å²) in [5.41, 5.74) is 1.93. The molecule has 4 amide bonds. The van der Waals surface area contributed by atoms with Crippen LogP contribution in [0.4, 0.5) is 11.4 Å². The smallest absolute Gasteiger partial charge is 0.259 e. The molecule has 4 aromatic rings. The number of aromatic nitrogens is 2. The van der Waals surface area contributed by atoms with Crippen LogP contribution in [0.25, 0.3) is 11.3 Å². The van der Waals surface area contributed by atoms with E-state index in [-0.39, 0.29) is 54.5 Å². The third-order valence-electron chi connectivity index (χ3n) is 11.4. The summed E-state index contributed by atoms with van der Waals surface area (Å²) in [6.45, 7) is 12.5. The Kier molecular flexibility index (Phi) is 16.7. The summed E-state index contributed by atoms with van der Waals surface area (Å²) in [5, 5.41) is 25.8. The van der Waals surface area contributed by atoms with Crippen molar-refractivity contribution < 1.29 is 42.9 Å². The lowest BCUT2D eigenvalue weighted by Crippen LogP contribution is -2.58. The Bertz CT molecular complexity index is 2450. The van der Waals surface area contributed by atoms with Gasteiger partial charge in [-0.1, -0.05) is 56.6 Å². The van der Waals surface area contributed by atoms with Crippen LogP contribution in [0.1, 0.15) is 77.3 Å². The summed E-state index contributed by atoms with van der Waals surface area (Å²) in [6, 6.07) is 16.4. The second kappa shape index (κ2) is 22.2. The maximum absolute atomic E-state index is 13.9. The van der Waals surface area contributed by atoms with Crippen molar-refractivity contribution in [3.63, 3.8) is 0 Å².